The predicted octanol–water partition coefficient (Wildman–Crippen LogP) is 1.55. The smallest absolute Gasteiger partial charge is 0.325 e. The maximum Gasteiger partial charge on any atom is 0.325 e. The Morgan fingerprint density at radius 2 is 1.96 bits per heavy atom. The van der Waals surface area contributed by atoms with E-state index in [0.29, 0.717) is 16.3 Å². The zero-order valence-corrected chi connectivity index (χ0v) is 16.4. The first-order valence-electron chi connectivity index (χ1n) is 8.53. The zero-order chi connectivity index (χ0) is 19.8. The zero-order valence-electron chi connectivity index (χ0n) is 15.6. The number of hydrogen-bond acceptors (Lipinski definition) is 7. The third-order valence-electron chi connectivity index (χ3n) is 4.30. The number of methoxy groups -OCH3 is 1. The number of rotatable bonds is 4. The molecule has 0 bridgehead atoms. The molecule has 2 aromatic heterocycles. The normalized spacial score (nSPS) is 13.3. The molecule has 0 saturated carbocycles. The second kappa shape index (κ2) is 7.12. The van der Waals surface area contributed by atoms with Gasteiger partial charge >= 0.3 is 5.97 Å². The Hall–Kier alpha value is -3.14. The van der Waals surface area contributed by atoms with Crippen LogP contribution in [0.2, 0.25) is 0 Å². The summed E-state index contributed by atoms with van der Waals surface area (Å²) in [5.41, 5.74) is 2.44. The molecule has 0 spiro atoms. The van der Waals surface area contributed by atoms with E-state index in [0.717, 1.165) is 21.6 Å². The summed E-state index contributed by atoms with van der Waals surface area (Å²) >= 11 is 1.29. The van der Waals surface area contributed by atoms with Gasteiger partial charge in [0.05, 0.1) is 23.0 Å². The lowest BCUT2D eigenvalue weighted by molar-refractivity contribution is -0.141. The molecule has 3 aromatic rings. The van der Waals surface area contributed by atoms with Gasteiger partial charge in [0.1, 0.15) is 13.1 Å². The molecular formula is C18H18N4O5S. The topological polar surface area (TPSA) is 96.9 Å². The lowest BCUT2D eigenvalue weighted by Gasteiger charge is -2.04. The summed E-state index contributed by atoms with van der Waals surface area (Å²) in [5.74, 6) is 0.408. The number of fused-ring (bicyclic) bond motifs is 2. The minimum Gasteiger partial charge on any atom is -0.468 e. The van der Waals surface area contributed by atoms with Gasteiger partial charge in [0.2, 0.25) is 6.79 Å². The number of carbonyl (C=O) groups excluding carboxylic acids is 2. The number of benzene rings is 1. The SMILES string of the molecule is COC(=O)Cn1c(=NC(=O)Cn2nc(C)cc2C)sc2cc3c(cc21)OCO3. The molecule has 1 aliphatic rings. The van der Waals surface area contributed by atoms with Crippen LogP contribution in [-0.2, 0) is 27.4 Å². The summed E-state index contributed by atoms with van der Waals surface area (Å²) in [5, 5.41) is 4.29. The summed E-state index contributed by atoms with van der Waals surface area (Å²) in [6, 6.07) is 5.49. The summed E-state index contributed by atoms with van der Waals surface area (Å²) in [4.78, 5) is 29.1. The van der Waals surface area contributed by atoms with Crippen molar-refractivity contribution in [1.82, 2.24) is 14.3 Å². The number of ether oxygens (including phenoxy) is 3. The lowest BCUT2D eigenvalue weighted by Crippen LogP contribution is -2.23. The Labute approximate surface area is 163 Å². The molecule has 28 heavy (non-hydrogen) atoms. The summed E-state index contributed by atoms with van der Waals surface area (Å²) in [7, 11) is 1.32. The van der Waals surface area contributed by atoms with Crippen LogP contribution in [0.4, 0.5) is 0 Å². The van der Waals surface area contributed by atoms with Gasteiger partial charge in [-0.15, -0.1) is 0 Å². The Balaban J connectivity index is 1.77. The van der Waals surface area contributed by atoms with E-state index in [4.69, 9.17) is 14.2 Å². The van der Waals surface area contributed by atoms with Gasteiger partial charge in [0.25, 0.3) is 5.91 Å². The van der Waals surface area contributed by atoms with Crippen LogP contribution in [0.1, 0.15) is 11.4 Å². The van der Waals surface area contributed by atoms with Gasteiger partial charge in [0, 0.05) is 17.8 Å². The fourth-order valence-electron chi connectivity index (χ4n) is 3.00. The quantitative estimate of drug-likeness (QED) is 0.614. The van der Waals surface area contributed by atoms with Gasteiger partial charge in [-0.1, -0.05) is 11.3 Å². The van der Waals surface area contributed by atoms with Gasteiger partial charge in [-0.2, -0.15) is 10.1 Å². The van der Waals surface area contributed by atoms with Gasteiger partial charge in [-0.25, -0.2) is 0 Å². The van der Waals surface area contributed by atoms with Crippen molar-refractivity contribution in [3.05, 3.63) is 34.4 Å². The van der Waals surface area contributed by atoms with Gasteiger partial charge in [-0.3, -0.25) is 14.3 Å². The van der Waals surface area contributed by atoms with Crippen molar-refractivity contribution in [2.75, 3.05) is 13.9 Å². The number of thiazole rings is 1. The molecule has 3 heterocycles. The molecule has 1 aromatic carbocycles. The maximum atomic E-state index is 12.5. The number of aryl methyl sites for hydroxylation is 2. The molecule has 146 valence electrons. The summed E-state index contributed by atoms with van der Waals surface area (Å²) < 4.78 is 19.7. The lowest BCUT2D eigenvalue weighted by atomic mass is 10.3. The van der Waals surface area contributed by atoms with Crippen LogP contribution in [0.3, 0.4) is 0 Å². The molecule has 0 unspecified atom stereocenters. The number of nitrogens with zero attached hydrogens (tertiary/aromatic N) is 4. The Bertz CT molecular complexity index is 1160. The van der Waals surface area contributed by atoms with Crippen molar-refractivity contribution in [1.29, 1.82) is 0 Å². The van der Waals surface area contributed by atoms with Crippen molar-refractivity contribution in [3.8, 4) is 11.5 Å². The van der Waals surface area contributed by atoms with E-state index in [-0.39, 0.29) is 25.8 Å². The van der Waals surface area contributed by atoms with E-state index in [9.17, 15) is 9.59 Å². The molecule has 0 N–H and O–H groups in total. The Kier molecular flexibility index (Phi) is 4.63. The van der Waals surface area contributed by atoms with E-state index >= 15 is 0 Å². The highest BCUT2D eigenvalue weighted by Crippen LogP contribution is 2.36. The first-order valence-corrected chi connectivity index (χ1v) is 9.34. The fraction of sp³-hybridized carbons (Fsp3) is 0.333. The van der Waals surface area contributed by atoms with Crippen LogP contribution in [0.15, 0.2) is 23.2 Å². The average Bonchev–Trinajstić information content (AvgIpc) is 3.31. The fourth-order valence-corrected chi connectivity index (χ4v) is 4.05. The summed E-state index contributed by atoms with van der Waals surface area (Å²) in [6.07, 6.45) is 0. The second-order valence-corrected chi connectivity index (χ2v) is 7.32. The molecule has 4 rings (SSSR count). The van der Waals surface area contributed by atoms with Crippen molar-refractivity contribution in [2.45, 2.75) is 26.9 Å². The number of hydrogen-bond donors (Lipinski definition) is 0. The Morgan fingerprint density at radius 1 is 1.21 bits per heavy atom. The maximum absolute atomic E-state index is 12.5. The van der Waals surface area contributed by atoms with Crippen LogP contribution < -0.4 is 14.3 Å². The van der Waals surface area contributed by atoms with Gasteiger partial charge in [-0.05, 0) is 19.9 Å². The predicted molar refractivity (Wildman–Crippen MR) is 100 cm³/mol. The van der Waals surface area contributed by atoms with Crippen LogP contribution >= 0.6 is 11.3 Å². The molecule has 1 aliphatic heterocycles. The number of amides is 1. The van der Waals surface area contributed by atoms with Gasteiger partial charge < -0.3 is 18.8 Å². The molecule has 0 atom stereocenters. The standard InChI is InChI=1S/C18H18N4O5S/c1-10-4-11(2)22(20-10)7-16(23)19-18-21(8-17(24)25-3)12-5-13-14(27-9-26-13)6-15(12)28-18/h4-6H,7-9H2,1-3H3. The molecule has 10 heteroatoms. The van der Waals surface area contributed by atoms with Crippen LogP contribution in [0.25, 0.3) is 10.2 Å². The van der Waals surface area contributed by atoms with E-state index in [1.807, 2.05) is 26.0 Å². The Morgan fingerprint density at radius 3 is 2.64 bits per heavy atom. The minimum atomic E-state index is -0.440. The van der Waals surface area contributed by atoms with Crippen molar-refractivity contribution in [2.24, 2.45) is 4.99 Å². The second-order valence-electron chi connectivity index (χ2n) is 6.31. The molecular weight excluding hydrogens is 384 g/mol. The largest absolute Gasteiger partial charge is 0.468 e. The third-order valence-corrected chi connectivity index (χ3v) is 5.34. The van der Waals surface area contributed by atoms with E-state index < -0.39 is 5.97 Å². The van der Waals surface area contributed by atoms with Crippen molar-refractivity contribution in [3.63, 3.8) is 0 Å². The van der Waals surface area contributed by atoms with E-state index in [2.05, 4.69) is 10.1 Å². The summed E-state index contributed by atoms with van der Waals surface area (Å²) in [6.45, 7) is 3.86. The highest BCUT2D eigenvalue weighted by molar-refractivity contribution is 7.16. The number of esters is 1. The van der Waals surface area contributed by atoms with E-state index in [1.165, 1.54) is 18.4 Å². The molecule has 0 fully saturated rings. The van der Waals surface area contributed by atoms with Crippen LogP contribution in [0.5, 0.6) is 11.5 Å². The minimum absolute atomic E-state index is 0.0227. The number of aromatic nitrogens is 3. The van der Waals surface area contributed by atoms with Crippen LogP contribution in [-0.4, -0.2) is 40.1 Å². The van der Waals surface area contributed by atoms with Crippen molar-refractivity contribution >= 4 is 33.4 Å². The number of carbonyl (C=O) groups is 2. The van der Waals surface area contributed by atoms with E-state index in [1.54, 1.807) is 15.3 Å². The third kappa shape index (κ3) is 3.38. The van der Waals surface area contributed by atoms with Gasteiger partial charge in [0.15, 0.2) is 16.3 Å². The first kappa shape index (κ1) is 18.2. The van der Waals surface area contributed by atoms with Crippen molar-refractivity contribution < 1.29 is 23.8 Å². The average molecular weight is 402 g/mol. The molecule has 0 aliphatic carbocycles. The molecule has 0 saturated heterocycles. The molecule has 0 radical (unpaired) electrons. The van der Waals surface area contributed by atoms with Crippen LogP contribution in [0, 0.1) is 13.8 Å². The first-order chi connectivity index (χ1) is 13.4. The highest BCUT2D eigenvalue weighted by Gasteiger charge is 2.19. The monoisotopic (exact) mass is 402 g/mol. The molecule has 9 nitrogen and oxygen atoms in total. The molecule has 1 amide bonds. The highest BCUT2D eigenvalue weighted by atomic mass is 32.1.